The van der Waals surface area contributed by atoms with Gasteiger partial charge in [-0.05, 0) is 0 Å². The zero-order valence-corrected chi connectivity index (χ0v) is 4.22. The van der Waals surface area contributed by atoms with E-state index in [2.05, 4.69) is 0 Å². The summed E-state index contributed by atoms with van der Waals surface area (Å²) in [6, 6.07) is 0. The van der Waals surface area contributed by atoms with Crippen molar-refractivity contribution in [3.63, 3.8) is 0 Å². The first-order chi connectivity index (χ1) is 0. The van der Waals surface area contributed by atoms with E-state index in [1.165, 1.54) is 0 Å². The Hall–Kier alpha value is 0.606. The second kappa shape index (κ2) is 163. The van der Waals surface area contributed by atoms with Crippen LogP contribution in [0.1, 0.15) is 0 Å². The summed E-state index contributed by atoms with van der Waals surface area (Å²) < 4.78 is 0. The maximum absolute atomic E-state index is 0. The first-order valence-corrected chi connectivity index (χ1v) is 0. The molecule has 0 aromatic heterocycles. The normalized spacial score (nSPS) is 0. The van der Waals surface area contributed by atoms with Crippen LogP contribution in [0.5, 0.6) is 0 Å². The fraction of sp³-hybridized carbons (Fsp3) is 0. The van der Waals surface area contributed by atoms with Gasteiger partial charge in [0, 0.05) is 0 Å². The molecular weight excluding hydrogens is 86.3 g/mol. The second-order valence-corrected chi connectivity index (χ2v) is 0. The summed E-state index contributed by atoms with van der Waals surface area (Å²) in [5.74, 6) is 0. The molecule has 0 radical (unpaired) electrons. The van der Waals surface area contributed by atoms with E-state index in [0.717, 1.165) is 0 Å². The van der Waals surface area contributed by atoms with Crippen LogP contribution in [0, 0.1) is 0 Å². The topological polar surface area (TPSA) is 126 Å². The summed E-state index contributed by atoms with van der Waals surface area (Å²) in [4.78, 5) is 0. The number of hydrogen-bond acceptors (Lipinski definition) is 3. The second-order valence-electron chi connectivity index (χ2n) is 0. The van der Waals surface area contributed by atoms with E-state index in [1.807, 2.05) is 0 Å². The number of hydrogen-bond donors (Lipinski definition) is 1. The quantitative estimate of drug-likeness (QED) is 0.370. The molecule has 0 atom stereocenters. The average molecular weight is 93.4 g/mol. The fourth-order valence-corrected chi connectivity index (χ4v) is 0. The molecule has 0 bridgehead atoms. The van der Waals surface area contributed by atoms with Gasteiger partial charge in [0.1, 0.15) is 0 Å². The van der Waals surface area contributed by atoms with E-state index < -0.39 is 0 Å². The third-order valence-corrected chi connectivity index (χ3v) is 0. The molecule has 0 spiro atoms. The van der Waals surface area contributed by atoms with E-state index in [-0.39, 0.29) is 45.6 Å². The smallest absolute Gasteiger partial charge is 0.870 e. The van der Waals surface area contributed by atoms with Crippen LogP contribution in [-0.2, 0) is 0 Å². The molecule has 0 aliphatic rings. The van der Waals surface area contributed by atoms with Crippen molar-refractivity contribution in [2.45, 2.75) is 0 Å². The van der Waals surface area contributed by atoms with E-state index in [9.17, 15) is 0 Å². The molecule has 0 rings (SSSR count). The largest absolute Gasteiger partial charge is 2.00 e. The minimum atomic E-state index is 0. The molecule has 32 valence electrons. The van der Waals surface area contributed by atoms with Gasteiger partial charge in [0.25, 0.3) is 0 Å². The van der Waals surface area contributed by atoms with Crippen LogP contribution in [-0.4, -0.2) is 39.5 Å². The Bertz CT molecular complexity index is 6.85. The summed E-state index contributed by atoms with van der Waals surface area (Å²) in [5, 5.41) is 0. The van der Waals surface area contributed by atoms with Crippen LogP contribution in [0.2, 0.25) is 0 Å². The van der Waals surface area contributed by atoms with Crippen molar-refractivity contribution in [3.05, 3.63) is 0 Å². The van der Waals surface area contributed by atoms with Crippen molar-refractivity contribution in [2.24, 2.45) is 0 Å². The van der Waals surface area contributed by atoms with Crippen LogP contribution < -0.4 is 6.15 Å². The predicted octanol–water partition coefficient (Wildman–Crippen LogP) is -1.40. The first kappa shape index (κ1) is 324. The van der Waals surface area contributed by atoms with Crippen LogP contribution in [0.3, 0.4) is 0 Å². The van der Waals surface area contributed by atoms with Crippen LogP contribution in [0.25, 0.3) is 0 Å². The van der Waals surface area contributed by atoms with Gasteiger partial charge in [-0.2, -0.15) is 0 Å². The van der Waals surface area contributed by atoms with Gasteiger partial charge in [-0.25, -0.2) is 0 Å². The van der Waals surface area contributed by atoms with Gasteiger partial charge in [0.05, 0.1) is 0 Å². The Morgan fingerprint density at radius 2 is 0.800 bits per heavy atom. The third-order valence-electron chi connectivity index (χ3n) is 0. The van der Waals surface area contributed by atoms with Crippen LogP contribution in [0.15, 0.2) is 0 Å². The molecule has 7 N–H and O–H groups in total. The molecule has 0 saturated carbocycles. The Morgan fingerprint density at radius 3 is 0.800 bits per heavy atom. The summed E-state index contributed by atoms with van der Waals surface area (Å²) in [6.07, 6.45) is 0. The van der Waals surface area contributed by atoms with Crippen molar-refractivity contribution >= 4 is 23.1 Å². The van der Waals surface area contributed by atoms with E-state index in [0.29, 0.717) is 0 Å². The third kappa shape index (κ3) is 85.1. The molecule has 5 heavy (non-hydrogen) atoms. The molecule has 0 aliphatic carbocycles. The van der Waals surface area contributed by atoms with Crippen molar-refractivity contribution in [1.82, 2.24) is 6.15 Å². The monoisotopic (exact) mass is 93.0 g/mol. The van der Waals surface area contributed by atoms with Gasteiger partial charge in [-0.3, -0.25) is 0 Å². The minimum Gasteiger partial charge on any atom is -0.870 e. The zero-order valence-electron chi connectivity index (χ0n) is 2.81. The van der Waals surface area contributed by atoms with Crippen molar-refractivity contribution in [3.8, 4) is 0 Å². The van der Waals surface area contributed by atoms with Crippen LogP contribution in [0.4, 0.5) is 0 Å². The van der Waals surface area contributed by atoms with Crippen molar-refractivity contribution in [1.29, 1.82) is 0 Å². The molecule has 0 amide bonds. The minimum absolute atomic E-state index is 0. The van der Waals surface area contributed by atoms with Crippen molar-refractivity contribution in [2.75, 3.05) is 0 Å². The standard InChI is InChI=1S/Mg.H3N.3H2O/h;1H3;3*1H2/q+2;;;;/p-2. The van der Waals surface area contributed by atoms with Crippen LogP contribution >= 0.6 is 0 Å². The summed E-state index contributed by atoms with van der Waals surface area (Å²) in [6.45, 7) is 0. The Kier molecular flexibility index (Phi) is 10600. The molecule has 0 aliphatic heterocycles. The molecule has 0 fully saturated rings. The molecule has 0 heterocycles. The molecule has 0 aromatic carbocycles. The molecule has 0 unspecified atom stereocenters. The SMILES string of the molecule is N.O.[Mg+2].[OH-].[OH-]. The van der Waals surface area contributed by atoms with Gasteiger partial charge < -0.3 is 22.6 Å². The summed E-state index contributed by atoms with van der Waals surface area (Å²) in [7, 11) is 0. The van der Waals surface area contributed by atoms with E-state index in [1.54, 1.807) is 0 Å². The Balaban J connectivity index is 0. The molecule has 0 saturated heterocycles. The number of rotatable bonds is 0. The molecule has 4 nitrogen and oxygen atoms in total. The van der Waals surface area contributed by atoms with E-state index in [4.69, 9.17) is 0 Å². The maximum Gasteiger partial charge on any atom is 2.00 e. The van der Waals surface area contributed by atoms with Gasteiger partial charge in [-0.1, -0.05) is 0 Å². The first-order valence-electron chi connectivity index (χ1n) is 0. The molecular formula is H7MgNO3. The average Bonchev–Trinajstić information content (AvgIpc) is 0. The van der Waals surface area contributed by atoms with Gasteiger partial charge >= 0.3 is 23.1 Å². The predicted molar refractivity (Wildman–Crippen MR) is 18.3 cm³/mol. The summed E-state index contributed by atoms with van der Waals surface area (Å²) >= 11 is 0. The molecule has 5 heteroatoms. The summed E-state index contributed by atoms with van der Waals surface area (Å²) in [5.41, 5.74) is 0. The zero-order chi connectivity index (χ0) is 0. The van der Waals surface area contributed by atoms with Gasteiger partial charge in [-0.15, -0.1) is 0 Å². The van der Waals surface area contributed by atoms with E-state index >= 15 is 0 Å². The van der Waals surface area contributed by atoms with Gasteiger partial charge in [0.2, 0.25) is 0 Å². The fourth-order valence-electron chi connectivity index (χ4n) is 0. The molecule has 0 aromatic rings. The van der Waals surface area contributed by atoms with Crippen molar-refractivity contribution < 1.29 is 16.4 Å². The Morgan fingerprint density at radius 1 is 0.800 bits per heavy atom. The van der Waals surface area contributed by atoms with Gasteiger partial charge in [0.15, 0.2) is 0 Å². The Labute approximate surface area is 46.2 Å². The maximum atomic E-state index is 0.